The third kappa shape index (κ3) is 8.86. The maximum Gasteiger partial charge on any atom is 0.264 e. The number of nitrogens with one attached hydrogen (secondary N) is 1. The number of carbonyl (C=O) groups excluding carboxylic acids is 2. The second-order valence-electron chi connectivity index (χ2n) is 10.7. The lowest BCUT2D eigenvalue weighted by Crippen LogP contribution is -2.53. The van der Waals surface area contributed by atoms with Crippen molar-refractivity contribution < 1.29 is 22.7 Å². The van der Waals surface area contributed by atoms with Crippen molar-refractivity contribution in [3.8, 4) is 5.75 Å². The Kier molecular flexibility index (Phi) is 11.6. The summed E-state index contributed by atoms with van der Waals surface area (Å²) in [6.07, 6.45) is 0.946. The highest BCUT2D eigenvalue weighted by Gasteiger charge is 2.34. The Morgan fingerprint density at radius 2 is 1.56 bits per heavy atom. The first-order valence-corrected chi connectivity index (χ1v) is 16.5. The highest BCUT2D eigenvalue weighted by molar-refractivity contribution is 7.92. The summed E-state index contributed by atoms with van der Waals surface area (Å²) in [6.45, 7) is 3.74. The average Bonchev–Trinajstić information content (AvgIpc) is 3.04. The second-order valence-corrected chi connectivity index (χ2v) is 13.0. The molecule has 0 aliphatic heterocycles. The first-order valence-electron chi connectivity index (χ1n) is 14.7. The van der Waals surface area contributed by atoms with Gasteiger partial charge in [0.1, 0.15) is 18.3 Å². The van der Waals surface area contributed by atoms with E-state index in [4.69, 9.17) is 16.3 Å². The molecule has 0 spiro atoms. The zero-order chi connectivity index (χ0) is 32.4. The van der Waals surface area contributed by atoms with Gasteiger partial charge in [-0.1, -0.05) is 78.7 Å². The summed E-state index contributed by atoms with van der Waals surface area (Å²) in [5.41, 5.74) is 2.74. The summed E-state index contributed by atoms with van der Waals surface area (Å²) in [5.74, 6) is -0.335. The van der Waals surface area contributed by atoms with Crippen molar-refractivity contribution in [1.29, 1.82) is 0 Å². The largest absolute Gasteiger partial charge is 0.497 e. The normalized spacial score (nSPS) is 11.8. The number of benzene rings is 4. The van der Waals surface area contributed by atoms with Crippen LogP contribution in [0.3, 0.4) is 0 Å². The van der Waals surface area contributed by atoms with E-state index in [0.717, 1.165) is 15.4 Å². The van der Waals surface area contributed by atoms with Crippen LogP contribution in [0.2, 0.25) is 5.02 Å². The number of nitrogens with zero attached hydrogens (tertiary/aromatic N) is 2. The van der Waals surface area contributed by atoms with Crippen molar-refractivity contribution in [3.05, 3.63) is 125 Å². The van der Waals surface area contributed by atoms with Gasteiger partial charge in [-0.15, -0.1) is 0 Å². The quantitative estimate of drug-likeness (QED) is 0.181. The van der Waals surface area contributed by atoms with Crippen LogP contribution in [0, 0.1) is 6.92 Å². The van der Waals surface area contributed by atoms with Gasteiger partial charge in [0.05, 0.1) is 17.7 Å². The van der Waals surface area contributed by atoms with Crippen molar-refractivity contribution in [2.75, 3.05) is 24.5 Å². The Labute approximate surface area is 270 Å². The molecule has 4 aromatic rings. The maximum atomic E-state index is 14.5. The van der Waals surface area contributed by atoms with Crippen molar-refractivity contribution in [2.24, 2.45) is 0 Å². The van der Waals surface area contributed by atoms with Crippen molar-refractivity contribution in [1.82, 2.24) is 10.2 Å². The van der Waals surface area contributed by atoms with Gasteiger partial charge in [0.2, 0.25) is 11.8 Å². The molecule has 1 atom stereocenters. The molecule has 4 rings (SSSR count). The Balaban J connectivity index is 1.80. The summed E-state index contributed by atoms with van der Waals surface area (Å²) < 4.78 is 34.6. The molecule has 0 unspecified atom stereocenters. The molecule has 4 aromatic carbocycles. The fraction of sp³-hybridized carbons (Fsp3) is 0.257. The maximum absolute atomic E-state index is 14.5. The van der Waals surface area contributed by atoms with Gasteiger partial charge in [0.25, 0.3) is 10.0 Å². The molecule has 1 N–H and O–H groups in total. The van der Waals surface area contributed by atoms with Gasteiger partial charge in [-0.3, -0.25) is 13.9 Å². The van der Waals surface area contributed by atoms with Crippen LogP contribution in [-0.4, -0.2) is 51.4 Å². The van der Waals surface area contributed by atoms with Gasteiger partial charge in [-0.2, -0.15) is 0 Å². The van der Waals surface area contributed by atoms with Gasteiger partial charge in [0, 0.05) is 24.5 Å². The minimum atomic E-state index is -4.19. The van der Waals surface area contributed by atoms with Crippen molar-refractivity contribution in [2.45, 2.75) is 44.2 Å². The molecule has 0 saturated carbocycles. The van der Waals surface area contributed by atoms with E-state index in [2.05, 4.69) is 5.32 Å². The van der Waals surface area contributed by atoms with Crippen LogP contribution >= 0.6 is 11.6 Å². The highest BCUT2D eigenvalue weighted by Crippen LogP contribution is 2.27. The smallest absolute Gasteiger partial charge is 0.264 e. The van der Waals surface area contributed by atoms with E-state index in [1.807, 2.05) is 50.2 Å². The third-order valence-corrected chi connectivity index (χ3v) is 9.33. The molecule has 0 saturated heterocycles. The number of methoxy groups -OCH3 is 1. The summed E-state index contributed by atoms with van der Waals surface area (Å²) in [6, 6.07) is 28.5. The highest BCUT2D eigenvalue weighted by atomic mass is 35.5. The van der Waals surface area contributed by atoms with Crippen LogP contribution in [0.1, 0.15) is 30.0 Å². The summed E-state index contributed by atoms with van der Waals surface area (Å²) >= 11 is 6.30. The van der Waals surface area contributed by atoms with E-state index < -0.39 is 28.5 Å². The summed E-state index contributed by atoms with van der Waals surface area (Å²) in [4.78, 5) is 29.7. The van der Waals surface area contributed by atoms with Crippen LogP contribution < -0.4 is 14.4 Å². The molecule has 45 heavy (non-hydrogen) atoms. The fourth-order valence-electron chi connectivity index (χ4n) is 4.87. The zero-order valence-corrected chi connectivity index (χ0v) is 27.2. The van der Waals surface area contributed by atoms with E-state index in [9.17, 15) is 18.0 Å². The first kappa shape index (κ1) is 33.6. The molecule has 0 aromatic heterocycles. The molecule has 8 nitrogen and oxygen atoms in total. The number of hydrogen-bond donors (Lipinski definition) is 1. The monoisotopic (exact) mass is 647 g/mol. The van der Waals surface area contributed by atoms with E-state index in [1.54, 1.807) is 54.6 Å². The molecule has 0 fully saturated rings. The molecular formula is C35H38ClN3O5S. The minimum Gasteiger partial charge on any atom is -0.497 e. The SMILES string of the molecule is CCCNC(=O)[C@@H](Cc1ccccc1)N(Cc1cccc(Cl)c1)C(=O)CN(c1ccc(OC)cc1)S(=O)(=O)c1ccc(C)cc1. The standard InChI is InChI=1S/C35H38ClN3O5S/c1-4-21-37-35(41)33(23-27-9-6-5-7-10-27)38(24-28-11-8-12-29(36)22-28)34(40)25-39(30-15-17-31(44-3)18-16-30)45(42,43)32-19-13-26(2)14-20-32/h5-20,22,33H,4,21,23-25H2,1-3H3,(H,37,41)/t33-/m1/s1. The lowest BCUT2D eigenvalue weighted by molar-refractivity contribution is -0.140. The summed E-state index contributed by atoms with van der Waals surface area (Å²) in [7, 11) is -2.68. The Hall–Kier alpha value is -4.34. The van der Waals surface area contributed by atoms with Crippen LogP contribution in [0.4, 0.5) is 5.69 Å². The van der Waals surface area contributed by atoms with E-state index in [1.165, 1.54) is 24.1 Å². The van der Waals surface area contributed by atoms with Gasteiger partial charge >= 0.3 is 0 Å². The van der Waals surface area contributed by atoms with Crippen LogP contribution in [0.15, 0.2) is 108 Å². The van der Waals surface area contributed by atoms with E-state index in [0.29, 0.717) is 29.3 Å². The molecule has 0 radical (unpaired) electrons. The predicted octanol–water partition coefficient (Wildman–Crippen LogP) is 6.02. The predicted molar refractivity (Wildman–Crippen MR) is 178 cm³/mol. The summed E-state index contributed by atoms with van der Waals surface area (Å²) in [5, 5.41) is 3.42. The molecule has 236 valence electrons. The number of rotatable bonds is 14. The molecule has 0 bridgehead atoms. The van der Waals surface area contributed by atoms with Gasteiger partial charge < -0.3 is 15.0 Å². The second kappa shape index (κ2) is 15.6. The Morgan fingerprint density at radius 3 is 2.18 bits per heavy atom. The number of sulfonamides is 1. The number of anilines is 1. The van der Waals surface area contributed by atoms with Crippen LogP contribution in [-0.2, 0) is 32.6 Å². The van der Waals surface area contributed by atoms with Gasteiger partial charge in [-0.05, 0) is 73.0 Å². The molecule has 10 heteroatoms. The number of hydrogen-bond acceptors (Lipinski definition) is 5. The first-order chi connectivity index (χ1) is 21.6. The average molecular weight is 648 g/mol. The zero-order valence-electron chi connectivity index (χ0n) is 25.6. The van der Waals surface area contributed by atoms with Crippen LogP contribution in [0.5, 0.6) is 5.75 Å². The number of ether oxygens (including phenoxy) is 1. The third-order valence-electron chi connectivity index (χ3n) is 7.31. The van der Waals surface area contributed by atoms with Gasteiger partial charge in [-0.25, -0.2) is 8.42 Å². The van der Waals surface area contributed by atoms with Crippen LogP contribution in [0.25, 0.3) is 0 Å². The minimum absolute atomic E-state index is 0.0392. The molecule has 0 heterocycles. The number of aryl methyl sites for hydroxylation is 1. The number of halogens is 1. The number of amides is 2. The Bertz CT molecular complexity index is 1680. The molecular weight excluding hydrogens is 610 g/mol. The topological polar surface area (TPSA) is 96.0 Å². The molecule has 2 amide bonds. The van der Waals surface area contributed by atoms with Crippen molar-refractivity contribution in [3.63, 3.8) is 0 Å². The van der Waals surface area contributed by atoms with Crippen molar-refractivity contribution >= 4 is 39.1 Å². The number of carbonyl (C=O) groups is 2. The van der Waals surface area contributed by atoms with E-state index >= 15 is 0 Å². The van der Waals surface area contributed by atoms with Gasteiger partial charge in [0.15, 0.2) is 0 Å². The lowest BCUT2D eigenvalue weighted by Gasteiger charge is -2.34. The van der Waals surface area contributed by atoms with E-state index in [-0.39, 0.29) is 29.5 Å². The lowest BCUT2D eigenvalue weighted by atomic mass is 10.0. The fourth-order valence-corrected chi connectivity index (χ4v) is 6.49. The Morgan fingerprint density at radius 1 is 0.889 bits per heavy atom. The molecule has 0 aliphatic carbocycles. The molecule has 0 aliphatic rings.